The lowest BCUT2D eigenvalue weighted by molar-refractivity contribution is 0.143. The van der Waals surface area contributed by atoms with Gasteiger partial charge >= 0.3 is 0 Å². The van der Waals surface area contributed by atoms with Gasteiger partial charge in [0.15, 0.2) is 0 Å². The van der Waals surface area contributed by atoms with Crippen LogP contribution < -0.4 is 10.5 Å². The lowest BCUT2D eigenvalue weighted by Crippen LogP contribution is -2.07. The number of ether oxygens (including phenoxy) is 2. The SMILES string of the molecule is COCCOc1ccc([C@@H](C)N)cn1. The van der Waals surface area contributed by atoms with Crippen molar-refractivity contribution < 1.29 is 9.47 Å². The molecule has 0 unspecified atom stereocenters. The quantitative estimate of drug-likeness (QED) is 0.717. The van der Waals surface area contributed by atoms with E-state index in [1.54, 1.807) is 13.3 Å². The van der Waals surface area contributed by atoms with Gasteiger partial charge in [-0.3, -0.25) is 0 Å². The number of hydrogen-bond donors (Lipinski definition) is 1. The van der Waals surface area contributed by atoms with E-state index in [1.165, 1.54) is 0 Å². The minimum Gasteiger partial charge on any atom is -0.475 e. The molecule has 2 N–H and O–H groups in total. The van der Waals surface area contributed by atoms with Crippen molar-refractivity contribution in [3.63, 3.8) is 0 Å². The fourth-order valence-electron chi connectivity index (χ4n) is 0.976. The fraction of sp³-hybridized carbons (Fsp3) is 0.500. The highest BCUT2D eigenvalue weighted by Gasteiger charge is 2.00. The van der Waals surface area contributed by atoms with E-state index >= 15 is 0 Å². The zero-order valence-corrected chi connectivity index (χ0v) is 8.56. The van der Waals surface area contributed by atoms with E-state index in [-0.39, 0.29) is 6.04 Å². The first-order chi connectivity index (χ1) is 6.74. The third-order valence-corrected chi connectivity index (χ3v) is 1.82. The van der Waals surface area contributed by atoms with Gasteiger partial charge in [-0.25, -0.2) is 4.98 Å². The Balaban J connectivity index is 2.47. The third kappa shape index (κ3) is 3.32. The van der Waals surface area contributed by atoms with E-state index in [0.717, 1.165) is 5.56 Å². The van der Waals surface area contributed by atoms with E-state index < -0.39 is 0 Å². The van der Waals surface area contributed by atoms with Gasteiger partial charge in [0.1, 0.15) is 6.61 Å². The van der Waals surface area contributed by atoms with Crippen LogP contribution in [0.4, 0.5) is 0 Å². The van der Waals surface area contributed by atoms with Crippen molar-refractivity contribution in [1.29, 1.82) is 0 Å². The van der Waals surface area contributed by atoms with Gasteiger partial charge in [-0.05, 0) is 12.5 Å². The Morgan fingerprint density at radius 2 is 2.21 bits per heavy atom. The largest absolute Gasteiger partial charge is 0.475 e. The minimum absolute atomic E-state index is 0.00975. The Kier molecular flexibility index (Phi) is 4.35. The number of pyridine rings is 1. The third-order valence-electron chi connectivity index (χ3n) is 1.82. The van der Waals surface area contributed by atoms with Gasteiger partial charge in [0, 0.05) is 25.4 Å². The number of nitrogens with zero attached hydrogens (tertiary/aromatic N) is 1. The van der Waals surface area contributed by atoms with Crippen LogP contribution in [0.5, 0.6) is 5.88 Å². The lowest BCUT2D eigenvalue weighted by Gasteiger charge is -2.07. The molecule has 0 fully saturated rings. The number of rotatable bonds is 5. The van der Waals surface area contributed by atoms with Gasteiger partial charge < -0.3 is 15.2 Å². The molecule has 1 heterocycles. The van der Waals surface area contributed by atoms with Crippen molar-refractivity contribution in [3.05, 3.63) is 23.9 Å². The summed E-state index contributed by atoms with van der Waals surface area (Å²) >= 11 is 0. The molecule has 0 spiro atoms. The van der Waals surface area contributed by atoms with E-state index in [4.69, 9.17) is 15.2 Å². The highest BCUT2D eigenvalue weighted by Crippen LogP contribution is 2.12. The Hall–Kier alpha value is -1.13. The minimum atomic E-state index is 0.00975. The van der Waals surface area contributed by atoms with E-state index in [2.05, 4.69) is 4.98 Å². The first-order valence-electron chi connectivity index (χ1n) is 4.57. The van der Waals surface area contributed by atoms with Gasteiger partial charge in [-0.15, -0.1) is 0 Å². The Morgan fingerprint density at radius 3 is 2.71 bits per heavy atom. The molecule has 1 rings (SSSR count). The van der Waals surface area contributed by atoms with E-state index in [0.29, 0.717) is 19.1 Å². The van der Waals surface area contributed by atoms with Crippen LogP contribution in [0, 0.1) is 0 Å². The molecule has 1 aromatic rings. The summed E-state index contributed by atoms with van der Waals surface area (Å²) in [4.78, 5) is 4.11. The molecule has 0 bridgehead atoms. The molecule has 0 saturated heterocycles. The van der Waals surface area contributed by atoms with Crippen LogP contribution in [-0.2, 0) is 4.74 Å². The Morgan fingerprint density at radius 1 is 1.43 bits per heavy atom. The summed E-state index contributed by atoms with van der Waals surface area (Å²) in [5.74, 6) is 0.603. The molecule has 4 nitrogen and oxygen atoms in total. The topological polar surface area (TPSA) is 57.4 Å². The molecule has 0 radical (unpaired) electrons. The van der Waals surface area contributed by atoms with Crippen molar-refractivity contribution in [2.45, 2.75) is 13.0 Å². The number of nitrogens with two attached hydrogens (primary N) is 1. The molecular weight excluding hydrogens is 180 g/mol. The zero-order valence-electron chi connectivity index (χ0n) is 8.56. The summed E-state index contributed by atoms with van der Waals surface area (Å²) in [6.45, 7) is 3.00. The molecular formula is C10H16N2O2. The maximum absolute atomic E-state index is 5.68. The molecule has 78 valence electrons. The molecule has 0 aliphatic carbocycles. The van der Waals surface area contributed by atoms with Gasteiger partial charge in [-0.1, -0.05) is 6.07 Å². The van der Waals surface area contributed by atoms with E-state index in [9.17, 15) is 0 Å². The van der Waals surface area contributed by atoms with Gasteiger partial charge in [0.2, 0.25) is 5.88 Å². The number of methoxy groups -OCH3 is 1. The molecule has 1 atom stereocenters. The van der Waals surface area contributed by atoms with Crippen LogP contribution in [0.1, 0.15) is 18.5 Å². The first kappa shape index (κ1) is 10.9. The Labute approximate surface area is 84.0 Å². The predicted molar refractivity (Wildman–Crippen MR) is 54.2 cm³/mol. The van der Waals surface area contributed by atoms with Crippen molar-refractivity contribution in [3.8, 4) is 5.88 Å². The summed E-state index contributed by atoms with van der Waals surface area (Å²) in [5, 5.41) is 0. The van der Waals surface area contributed by atoms with Crippen molar-refractivity contribution in [1.82, 2.24) is 4.98 Å². The monoisotopic (exact) mass is 196 g/mol. The van der Waals surface area contributed by atoms with E-state index in [1.807, 2.05) is 19.1 Å². The van der Waals surface area contributed by atoms with Gasteiger partial charge in [0.05, 0.1) is 6.61 Å². The first-order valence-corrected chi connectivity index (χ1v) is 4.57. The number of aromatic nitrogens is 1. The predicted octanol–water partition coefficient (Wildman–Crippen LogP) is 1.13. The Bertz CT molecular complexity index is 259. The van der Waals surface area contributed by atoms with Crippen LogP contribution in [-0.4, -0.2) is 25.3 Å². The normalized spacial score (nSPS) is 12.5. The van der Waals surface area contributed by atoms with Crippen molar-refractivity contribution in [2.24, 2.45) is 5.73 Å². The molecule has 0 amide bonds. The molecule has 14 heavy (non-hydrogen) atoms. The molecule has 0 aromatic carbocycles. The van der Waals surface area contributed by atoms with Gasteiger partial charge in [0.25, 0.3) is 0 Å². The summed E-state index contributed by atoms with van der Waals surface area (Å²) in [6, 6.07) is 3.74. The van der Waals surface area contributed by atoms with Crippen LogP contribution in [0.25, 0.3) is 0 Å². The smallest absolute Gasteiger partial charge is 0.213 e. The zero-order chi connectivity index (χ0) is 10.4. The van der Waals surface area contributed by atoms with Crippen LogP contribution in [0.15, 0.2) is 18.3 Å². The van der Waals surface area contributed by atoms with Crippen molar-refractivity contribution in [2.75, 3.05) is 20.3 Å². The maximum atomic E-state index is 5.68. The molecule has 0 aliphatic rings. The summed E-state index contributed by atoms with van der Waals surface area (Å²) in [5.41, 5.74) is 6.69. The second kappa shape index (κ2) is 5.57. The summed E-state index contributed by atoms with van der Waals surface area (Å²) < 4.78 is 10.2. The van der Waals surface area contributed by atoms with Crippen molar-refractivity contribution >= 4 is 0 Å². The molecule has 0 aliphatic heterocycles. The average molecular weight is 196 g/mol. The van der Waals surface area contributed by atoms with Crippen LogP contribution in [0.2, 0.25) is 0 Å². The molecule has 4 heteroatoms. The van der Waals surface area contributed by atoms with Gasteiger partial charge in [-0.2, -0.15) is 0 Å². The lowest BCUT2D eigenvalue weighted by atomic mass is 10.2. The summed E-state index contributed by atoms with van der Waals surface area (Å²) in [7, 11) is 1.63. The molecule has 1 aromatic heterocycles. The highest BCUT2D eigenvalue weighted by molar-refractivity contribution is 5.19. The standard InChI is InChI=1S/C10H16N2O2/c1-8(11)9-3-4-10(12-7-9)14-6-5-13-2/h3-4,7-8H,5-6,11H2,1-2H3/t8-/m1/s1. The number of hydrogen-bond acceptors (Lipinski definition) is 4. The average Bonchev–Trinajstić information content (AvgIpc) is 2.19. The maximum Gasteiger partial charge on any atom is 0.213 e. The van der Waals surface area contributed by atoms with Crippen LogP contribution >= 0.6 is 0 Å². The molecule has 0 saturated carbocycles. The summed E-state index contributed by atoms with van der Waals surface area (Å²) in [6.07, 6.45) is 1.73. The second-order valence-electron chi connectivity index (χ2n) is 3.06. The highest BCUT2D eigenvalue weighted by atomic mass is 16.5. The fourth-order valence-corrected chi connectivity index (χ4v) is 0.976. The van der Waals surface area contributed by atoms with Crippen LogP contribution in [0.3, 0.4) is 0 Å². The second-order valence-corrected chi connectivity index (χ2v) is 3.06.